The summed E-state index contributed by atoms with van der Waals surface area (Å²) in [7, 11) is 0. The Labute approximate surface area is 293 Å². The lowest BCUT2D eigenvalue weighted by molar-refractivity contribution is 0.689. The Kier molecular flexibility index (Phi) is 7.79. The van der Waals surface area contributed by atoms with Crippen LogP contribution in [-0.4, -0.2) is 6.71 Å². The van der Waals surface area contributed by atoms with Crippen LogP contribution in [0.5, 0.6) is 0 Å². The van der Waals surface area contributed by atoms with Gasteiger partial charge in [0.05, 0.1) is 0 Å². The number of rotatable bonds is 5. The van der Waals surface area contributed by atoms with Crippen molar-refractivity contribution in [2.24, 2.45) is 5.92 Å². The van der Waals surface area contributed by atoms with Gasteiger partial charge in [-0.1, -0.05) is 160 Å². The molecule has 8 rings (SSSR count). The summed E-state index contributed by atoms with van der Waals surface area (Å²) >= 11 is 0. The molecule has 0 radical (unpaired) electrons. The zero-order chi connectivity index (χ0) is 34.1. The fraction of sp³-hybridized carbons (Fsp3) is 0.250. The van der Waals surface area contributed by atoms with E-state index >= 15 is 0 Å². The Morgan fingerprint density at radius 2 is 1.22 bits per heavy atom. The molecule has 1 heteroatoms. The van der Waals surface area contributed by atoms with Crippen LogP contribution in [-0.2, 0) is 12.8 Å². The van der Waals surface area contributed by atoms with Crippen molar-refractivity contribution in [2.45, 2.75) is 74.0 Å². The fourth-order valence-electron chi connectivity index (χ4n) is 9.90. The Hall–Kier alpha value is -4.62. The first kappa shape index (κ1) is 31.6. The van der Waals surface area contributed by atoms with Gasteiger partial charge in [-0.3, -0.25) is 0 Å². The molecule has 49 heavy (non-hydrogen) atoms. The standard InChI is InChI=1S/C48H47B/c1-28-11-9-13-37(25-28)39-17-15-36-16-18-41-43(38-14-10-12-29(2)26-38)27-44(42-20-19-40(39)45(36)46(41)42)49(47-32(5)21-30(3)22-33(47)6)48-34(7)23-31(4)24-35(48)8/h9-18,21-27,32,47H,19-20H2,1-8H3. The molecule has 0 amide bonds. The Bertz CT molecular complexity index is 2360. The summed E-state index contributed by atoms with van der Waals surface area (Å²) in [6, 6.07) is 35.2. The molecule has 2 aliphatic rings. The van der Waals surface area contributed by atoms with E-state index in [9.17, 15) is 0 Å². The Morgan fingerprint density at radius 3 is 1.88 bits per heavy atom. The molecule has 2 unspecified atom stereocenters. The second-order valence-corrected chi connectivity index (χ2v) is 15.4. The number of aryl methyl sites for hydroxylation is 7. The average Bonchev–Trinajstić information content (AvgIpc) is 3.05. The SMILES string of the molecule is CC1=CC(C)C(B(c2cc(-c3cccc(C)c3)c3ccc4ccc(-c5cccc(C)c5)c5c4c3c2CC5)c2c(C)cc(C)cc2C)C(C)=C1. The first-order chi connectivity index (χ1) is 23.6. The van der Waals surface area contributed by atoms with Crippen molar-refractivity contribution < 1.29 is 0 Å². The van der Waals surface area contributed by atoms with E-state index in [1.807, 2.05) is 0 Å². The second kappa shape index (κ2) is 12.1. The summed E-state index contributed by atoms with van der Waals surface area (Å²) in [5.74, 6) is 0.808. The van der Waals surface area contributed by atoms with Gasteiger partial charge < -0.3 is 0 Å². The van der Waals surface area contributed by atoms with Crippen molar-refractivity contribution in [1.29, 1.82) is 0 Å². The molecule has 0 N–H and O–H groups in total. The first-order valence-corrected chi connectivity index (χ1v) is 18.2. The van der Waals surface area contributed by atoms with Crippen LogP contribution in [0.15, 0.2) is 114 Å². The van der Waals surface area contributed by atoms with Crippen LogP contribution >= 0.6 is 0 Å². The maximum atomic E-state index is 2.63. The third-order valence-electron chi connectivity index (χ3n) is 11.6. The molecule has 0 bridgehead atoms. The number of hydrogen-bond acceptors (Lipinski definition) is 0. The Balaban J connectivity index is 1.53. The summed E-state index contributed by atoms with van der Waals surface area (Å²) in [5, 5.41) is 5.68. The summed E-state index contributed by atoms with van der Waals surface area (Å²) < 4.78 is 0. The van der Waals surface area contributed by atoms with Crippen LogP contribution in [0.25, 0.3) is 43.8 Å². The molecule has 0 fully saturated rings. The molecule has 0 saturated carbocycles. The lowest BCUT2D eigenvalue weighted by Crippen LogP contribution is -2.52. The fourth-order valence-corrected chi connectivity index (χ4v) is 9.90. The van der Waals surface area contributed by atoms with Gasteiger partial charge in [-0.05, 0) is 128 Å². The molecule has 6 aromatic rings. The third-order valence-corrected chi connectivity index (χ3v) is 11.6. The molecule has 6 aromatic carbocycles. The molecule has 0 aromatic heterocycles. The number of hydrogen-bond donors (Lipinski definition) is 0. The normalized spacial score (nSPS) is 17.1. The van der Waals surface area contributed by atoms with Gasteiger partial charge in [-0.15, -0.1) is 0 Å². The Morgan fingerprint density at radius 1 is 0.592 bits per heavy atom. The topological polar surface area (TPSA) is 0 Å². The van der Waals surface area contributed by atoms with Crippen molar-refractivity contribution in [3.8, 4) is 22.3 Å². The van der Waals surface area contributed by atoms with Crippen molar-refractivity contribution in [2.75, 3.05) is 0 Å². The van der Waals surface area contributed by atoms with Crippen LogP contribution in [0.4, 0.5) is 0 Å². The van der Waals surface area contributed by atoms with Gasteiger partial charge in [0.15, 0.2) is 0 Å². The summed E-state index contributed by atoms with van der Waals surface area (Å²) in [4.78, 5) is 0. The van der Waals surface area contributed by atoms with E-state index in [1.54, 1.807) is 5.56 Å². The second-order valence-electron chi connectivity index (χ2n) is 15.4. The molecule has 0 aliphatic heterocycles. The molecular formula is C48H47B. The minimum absolute atomic E-state index is 0.246. The zero-order valence-corrected chi connectivity index (χ0v) is 30.5. The number of benzene rings is 6. The highest BCUT2D eigenvalue weighted by Gasteiger charge is 2.39. The molecule has 0 saturated heterocycles. The van der Waals surface area contributed by atoms with Gasteiger partial charge in [0.1, 0.15) is 0 Å². The molecular weight excluding hydrogens is 587 g/mol. The smallest absolute Gasteiger partial charge is 0.0788 e. The third kappa shape index (κ3) is 5.30. The van der Waals surface area contributed by atoms with Crippen LogP contribution in [0, 0.1) is 40.5 Å². The van der Waals surface area contributed by atoms with Gasteiger partial charge in [0.25, 0.3) is 0 Å². The molecule has 2 aliphatic carbocycles. The minimum atomic E-state index is 0.246. The highest BCUT2D eigenvalue weighted by molar-refractivity contribution is 6.88. The summed E-state index contributed by atoms with van der Waals surface area (Å²) in [6.07, 6.45) is 7.07. The summed E-state index contributed by atoms with van der Waals surface area (Å²) in [6.45, 7) is 18.7. The van der Waals surface area contributed by atoms with Gasteiger partial charge in [-0.25, -0.2) is 0 Å². The minimum Gasteiger partial charge on any atom is -0.0788 e. The highest BCUT2D eigenvalue weighted by atomic mass is 14.3. The molecule has 2 atom stereocenters. The van der Waals surface area contributed by atoms with Gasteiger partial charge >= 0.3 is 0 Å². The first-order valence-electron chi connectivity index (χ1n) is 18.2. The molecule has 242 valence electrons. The quantitative estimate of drug-likeness (QED) is 0.131. The van der Waals surface area contributed by atoms with Gasteiger partial charge in [-0.2, -0.15) is 0 Å². The van der Waals surface area contributed by atoms with E-state index in [4.69, 9.17) is 0 Å². The molecule has 0 heterocycles. The van der Waals surface area contributed by atoms with Crippen LogP contribution < -0.4 is 10.9 Å². The highest BCUT2D eigenvalue weighted by Crippen LogP contribution is 2.45. The van der Waals surface area contributed by atoms with E-state index in [1.165, 1.54) is 99.3 Å². The lowest BCUT2D eigenvalue weighted by atomic mass is 9.28. The van der Waals surface area contributed by atoms with E-state index in [-0.39, 0.29) is 6.71 Å². The maximum absolute atomic E-state index is 2.63. The lowest BCUT2D eigenvalue weighted by Gasteiger charge is -2.37. The average molecular weight is 635 g/mol. The van der Waals surface area contributed by atoms with Crippen LogP contribution in [0.3, 0.4) is 0 Å². The predicted molar refractivity (Wildman–Crippen MR) is 215 cm³/mol. The summed E-state index contributed by atoms with van der Waals surface area (Å²) in [5.41, 5.74) is 21.1. The maximum Gasteiger partial charge on any atom is 0.218 e. The number of allylic oxidation sites excluding steroid dienone is 4. The molecule has 0 nitrogen and oxygen atoms in total. The van der Waals surface area contributed by atoms with Crippen molar-refractivity contribution >= 4 is 39.2 Å². The zero-order valence-electron chi connectivity index (χ0n) is 30.5. The van der Waals surface area contributed by atoms with E-state index in [0.29, 0.717) is 11.7 Å². The van der Waals surface area contributed by atoms with Crippen molar-refractivity contribution in [3.63, 3.8) is 0 Å². The van der Waals surface area contributed by atoms with Gasteiger partial charge in [0.2, 0.25) is 6.71 Å². The van der Waals surface area contributed by atoms with E-state index in [0.717, 1.165) is 12.8 Å². The van der Waals surface area contributed by atoms with Crippen molar-refractivity contribution in [1.82, 2.24) is 0 Å². The van der Waals surface area contributed by atoms with Crippen molar-refractivity contribution in [3.05, 3.63) is 153 Å². The van der Waals surface area contributed by atoms with Gasteiger partial charge in [0, 0.05) is 0 Å². The molecule has 0 spiro atoms. The largest absolute Gasteiger partial charge is 0.218 e. The predicted octanol–water partition coefficient (Wildman–Crippen LogP) is 11.5. The van der Waals surface area contributed by atoms with E-state index in [2.05, 4.69) is 159 Å². The monoisotopic (exact) mass is 634 g/mol. The van der Waals surface area contributed by atoms with Crippen LogP contribution in [0.2, 0.25) is 5.82 Å². The van der Waals surface area contributed by atoms with E-state index < -0.39 is 0 Å². The van der Waals surface area contributed by atoms with Crippen LogP contribution in [0.1, 0.15) is 59.7 Å².